The number of hydrogen-bond donors (Lipinski definition) is 2. The maximum atomic E-state index is 10.6. The molecule has 2 aliphatic rings. The number of β-amino-alcohol motifs (C(OH)–C–C–N with tert-alkyl or cyclic N) is 1. The van der Waals surface area contributed by atoms with E-state index in [2.05, 4.69) is 5.32 Å². The summed E-state index contributed by atoms with van der Waals surface area (Å²) in [5.41, 5.74) is 0. The zero-order chi connectivity index (χ0) is 9.26. The average Bonchev–Trinajstić information content (AvgIpc) is 2.62. The Bertz CT molecular complexity index is 211. The van der Waals surface area contributed by atoms with E-state index in [1.807, 2.05) is 0 Å². The number of rotatable bonds is 2. The smallest absolute Gasteiger partial charge is 0.407 e. The zero-order valence-electron chi connectivity index (χ0n) is 7.10. The number of hydrogen-bond acceptors (Lipinski definition) is 5. The maximum Gasteiger partial charge on any atom is 0.407 e. The van der Waals surface area contributed by atoms with E-state index in [-0.39, 0.29) is 12.2 Å². The lowest BCUT2D eigenvalue weighted by atomic mass is 10.3. The number of aliphatic hydroxyl groups is 1. The van der Waals surface area contributed by atoms with Gasteiger partial charge in [0.05, 0.1) is 32.3 Å². The molecule has 13 heavy (non-hydrogen) atoms. The molecule has 2 N–H and O–H groups in total. The van der Waals surface area contributed by atoms with E-state index in [4.69, 9.17) is 14.7 Å². The van der Waals surface area contributed by atoms with Crippen molar-refractivity contribution in [2.75, 3.05) is 26.2 Å². The second-order valence-corrected chi connectivity index (χ2v) is 3.20. The number of carbonyl (C=O) groups excluding carboxylic acids is 1. The van der Waals surface area contributed by atoms with E-state index in [0.29, 0.717) is 26.2 Å². The molecular formula is C7H12N2O4. The summed E-state index contributed by atoms with van der Waals surface area (Å²) in [4.78, 5) is 15.8. The predicted octanol–water partition coefficient (Wildman–Crippen LogP) is -1.30. The van der Waals surface area contributed by atoms with Gasteiger partial charge < -0.3 is 15.2 Å². The topological polar surface area (TPSA) is 71.0 Å². The highest BCUT2D eigenvalue weighted by atomic mass is 16.7. The summed E-state index contributed by atoms with van der Waals surface area (Å²) in [7, 11) is 0. The van der Waals surface area contributed by atoms with Gasteiger partial charge in [0.1, 0.15) is 6.10 Å². The van der Waals surface area contributed by atoms with Gasteiger partial charge in [-0.05, 0) is 0 Å². The maximum absolute atomic E-state index is 10.6. The Morgan fingerprint density at radius 1 is 1.69 bits per heavy atom. The Morgan fingerprint density at radius 3 is 3.08 bits per heavy atom. The molecule has 2 aliphatic heterocycles. The molecule has 74 valence electrons. The minimum atomic E-state index is -0.426. The number of hydroxylamine groups is 2. The van der Waals surface area contributed by atoms with Crippen molar-refractivity contribution in [3.05, 3.63) is 0 Å². The fraction of sp³-hybridized carbons (Fsp3) is 0.857. The molecule has 0 aromatic rings. The highest BCUT2D eigenvalue weighted by Crippen LogP contribution is 2.09. The molecule has 2 unspecified atom stereocenters. The third-order valence-corrected chi connectivity index (χ3v) is 2.02. The van der Waals surface area contributed by atoms with Crippen molar-refractivity contribution in [3.63, 3.8) is 0 Å². The first-order valence-electron chi connectivity index (χ1n) is 4.24. The van der Waals surface area contributed by atoms with Crippen LogP contribution in [-0.4, -0.2) is 54.7 Å². The van der Waals surface area contributed by atoms with E-state index in [1.54, 1.807) is 5.06 Å². The number of cyclic esters (lactones) is 1. The number of amides is 1. The zero-order valence-corrected chi connectivity index (χ0v) is 7.10. The number of ether oxygens (including phenoxy) is 1. The number of alkyl carbamates (subject to hydrolysis) is 1. The van der Waals surface area contributed by atoms with Gasteiger partial charge in [0.15, 0.2) is 0 Å². The van der Waals surface area contributed by atoms with E-state index in [0.717, 1.165) is 0 Å². The molecule has 0 radical (unpaired) electrons. The van der Waals surface area contributed by atoms with Crippen LogP contribution in [0.25, 0.3) is 0 Å². The molecule has 0 aliphatic carbocycles. The predicted molar refractivity (Wildman–Crippen MR) is 41.8 cm³/mol. The van der Waals surface area contributed by atoms with E-state index in [9.17, 15) is 4.79 Å². The van der Waals surface area contributed by atoms with Crippen molar-refractivity contribution in [2.45, 2.75) is 12.2 Å². The van der Waals surface area contributed by atoms with E-state index < -0.39 is 6.10 Å². The number of nitrogens with one attached hydrogen (secondary N) is 1. The lowest BCUT2D eigenvalue weighted by Gasteiger charge is -2.16. The fourth-order valence-electron chi connectivity index (χ4n) is 1.42. The molecule has 2 atom stereocenters. The second-order valence-electron chi connectivity index (χ2n) is 3.20. The van der Waals surface area contributed by atoms with Crippen LogP contribution >= 0.6 is 0 Å². The Morgan fingerprint density at radius 2 is 2.54 bits per heavy atom. The standard InChI is InChI=1S/C7H12N2O4/c10-5-2-9(12-4-5)3-6-1-8-7(11)13-6/h5-6,10H,1-4H2,(H,8,11). The summed E-state index contributed by atoms with van der Waals surface area (Å²) in [6, 6.07) is 0. The molecule has 2 fully saturated rings. The quantitative estimate of drug-likeness (QED) is 0.563. The van der Waals surface area contributed by atoms with Crippen molar-refractivity contribution < 1.29 is 19.5 Å². The van der Waals surface area contributed by atoms with Gasteiger partial charge in [-0.3, -0.25) is 4.84 Å². The Hall–Kier alpha value is -0.850. The first-order chi connectivity index (χ1) is 6.24. The first kappa shape index (κ1) is 8.74. The lowest BCUT2D eigenvalue weighted by Crippen LogP contribution is -2.32. The van der Waals surface area contributed by atoms with Crippen LogP contribution in [0.1, 0.15) is 0 Å². The molecule has 0 bridgehead atoms. The van der Waals surface area contributed by atoms with Gasteiger partial charge in [-0.25, -0.2) is 4.79 Å². The Labute approximate surface area is 75.4 Å². The molecule has 6 nitrogen and oxygen atoms in total. The van der Waals surface area contributed by atoms with Crippen molar-refractivity contribution in [3.8, 4) is 0 Å². The van der Waals surface area contributed by atoms with Gasteiger partial charge in [0.25, 0.3) is 0 Å². The highest BCUT2D eigenvalue weighted by Gasteiger charge is 2.29. The summed E-state index contributed by atoms with van der Waals surface area (Å²) in [5, 5.41) is 13.3. The molecule has 0 saturated carbocycles. The van der Waals surface area contributed by atoms with Gasteiger partial charge in [-0.1, -0.05) is 0 Å². The number of nitrogens with zero attached hydrogens (tertiary/aromatic N) is 1. The fourth-order valence-corrected chi connectivity index (χ4v) is 1.42. The van der Waals surface area contributed by atoms with E-state index >= 15 is 0 Å². The summed E-state index contributed by atoms with van der Waals surface area (Å²) < 4.78 is 4.91. The van der Waals surface area contributed by atoms with Crippen LogP contribution in [-0.2, 0) is 9.57 Å². The number of aliphatic hydroxyl groups excluding tert-OH is 1. The van der Waals surface area contributed by atoms with Crippen molar-refractivity contribution in [1.29, 1.82) is 0 Å². The third kappa shape index (κ3) is 2.09. The third-order valence-electron chi connectivity index (χ3n) is 2.02. The van der Waals surface area contributed by atoms with Gasteiger partial charge in [0.2, 0.25) is 0 Å². The molecule has 0 aromatic carbocycles. The highest BCUT2D eigenvalue weighted by molar-refractivity contribution is 5.69. The van der Waals surface area contributed by atoms with Crippen molar-refractivity contribution in [2.24, 2.45) is 0 Å². The first-order valence-corrected chi connectivity index (χ1v) is 4.24. The van der Waals surface area contributed by atoms with Gasteiger partial charge >= 0.3 is 6.09 Å². The summed E-state index contributed by atoms with van der Waals surface area (Å²) in [6.07, 6.45) is -0.979. The van der Waals surface area contributed by atoms with Crippen LogP contribution in [0.2, 0.25) is 0 Å². The Balaban J connectivity index is 1.75. The lowest BCUT2D eigenvalue weighted by molar-refractivity contribution is -0.124. The van der Waals surface area contributed by atoms with Crippen LogP contribution in [0, 0.1) is 0 Å². The van der Waals surface area contributed by atoms with Crippen LogP contribution in [0.15, 0.2) is 0 Å². The molecular weight excluding hydrogens is 176 g/mol. The van der Waals surface area contributed by atoms with Gasteiger partial charge in [-0.2, -0.15) is 5.06 Å². The largest absolute Gasteiger partial charge is 0.443 e. The molecule has 2 saturated heterocycles. The minimum Gasteiger partial charge on any atom is -0.443 e. The SMILES string of the molecule is O=C1NCC(CN2CC(O)CO2)O1. The van der Waals surface area contributed by atoms with Crippen LogP contribution in [0.3, 0.4) is 0 Å². The summed E-state index contributed by atoms with van der Waals surface area (Å²) in [6.45, 7) is 1.83. The molecule has 1 amide bonds. The number of carbonyl (C=O) groups is 1. The van der Waals surface area contributed by atoms with Gasteiger partial charge in [-0.15, -0.1) is 0 Å². The van der Waals surface area contributed by atoms with Crippen LogP contribution in [0.4, 0.5) is 4.79 Å². The minimum absolute atomic E-state index is 0.169. The monoisotopic (exact) mass is 188 g/mol. The van der Waals surface area contributed by atoms with Crippen molar-refractivity contribution in [1.82, 2.24) is 10.4 Å². The van der Waals surface area contributed by atoms with Crippen LogP contribution in [0.5, 0.6) is 0 Å². The molecule has 2 heterocycles. The van der Waals surface area contributed by atoms with Gasteiger partial charge in [0, 0.05) is 0 Å². The Kier molecular flexibility index (Phi) is 2.34. The molecule has 6 heteroatoms. The summed E-state index contributed by atoms with van der Waals surface area (Å²) >= 11 is 0. The second kappa shape index (κ2) is 3.49. The summed E-state index contributed by atoms with van der Waals surface area (Å²) in [5.74, 6) is 0. The van der Waals surface area contributed by atoms with Crippen molar-refractivity contribution >= 4 is 6.09 Å². The van der Waals surface area contributed by atoms with Crippen LogP contribution < -0.4 is 5.32 Å². The average molecular weight is 188 g/mol. The molecule has 0 spiro atoms. The van der Waals surface area contributed by atoms with E-state index in [1.165, 1.54) is 0 Å². The molecule has 2 rings (SSSR count). The molecule has 0 aromatic heterocycles. The normalized spacial score (nSPS) is 34.7.